The van der Waals surface area contributed by atoms with Crippen molar-refractivity contribution in [1.82, 2.24) is 4.90 Å². The molecule has 0 saturated carbocycles. The molecule has 1 aromatic carbocycles. The fourth-order valence-corrected chi connectivity index (χ4v) is 2.54. The Balaban J connectivity index is 2.06. The second-order valence-electron chi connectivity index (χ2n) is 4.89. The van der Waals surface area contributed by atoms with Gasteiger partial charge in [0.25, 0.3) is 0 Å². The Morgan fingerprint density at radius 3 is 2.89 bits per heavy atom. The zero-order valence-corrected chi connectivity index (χ0v) is 10.5. The number of hydrogen-bond acceptors (Lipinski definition) is 3. The number of benzene rings is 1. The lowest BCUT2D eigenvalue weighted by Crippen LogP contribution is -2.38. The third kappa shape index (κ3) is 2.60. The van der Waals surface area contributed by atoms with E-state index in [2.05, 4.69) is 6.92 Å². The zero-order valence-electron chi connectivity index (χ0n) is 10.5. The van der Waals surface area contributed by atoms with Crippen molar-refractivity contribution in [1.29, 1.82) is 0 Å². The summed E-state index contributed by atoms with van der Waals surface area (Å²) in [5.74, 6) is -0.320. The highest BCUT2D eigenvalue weighted by molar-refractivity contribution is 5.97. The average Bonchev–Trinajstić information content (AvgIpc) is 2.70. The third-order valence-corrected chi connectivity index (χ3v) is 3.71. The molecular weight excluding hydrogens is 233 g/mol. The van der Waals surface area contributed by atoms with Gasteiger partial charge < -0.3 is 5.11 Å². The third-order valence-electron chi connectivity index (χ3n) is 3.71. The molecule has 1 fully saturated rings. The smallest absolute Gasteiger partial charge is 0.179 e. The van der Waals surface area contributed by atoms with Gasteiger partial charge in [0.05, 0.1) is 18.7 Å². The minimum Gasteiger partial charge on any atom is -0.395 e. The van der Waals surface area contributed by atoms with Crippen LogP contribution >= 0.6 is 0 Å². The van der Waals surface area contributed by atoms with Crippen LogP contribution in [0.2, 0.25) is 0 Å². The molecule has 1 heterocycles. The molecule has 98 valence electrons. The van der Waals surface area contributed by atoms with Gasteiger partial charge in [-0.05, 0) is 31.0 Å². The van der Waals surface area contributed by atoms with E-state index in [1.54, 1.807) is 12.1 Å². The Labute approximate surface area is 106 Å². The number of hydrogen-bond donors (Lipinski definition) is 1. The highest BCUT2D eigenvalue weighted by Gasteiger charge is 2.31. The predicted molar refractivity (Wildman–Crippen MR) is 67.0 cm³/mol. The second kappa shape index (κ2) is 5.59. The molecule has 1 aliphatic rings. The maximum atomic E-state index is 13.5. The van der Waals surface area contributed by atoms with Crippen molar-refractivity contribution in [2.45, 2.75) is 19.4 Å². The van der Waals surface area contributed by atoms with Gasteiger partial charge in [-0.1, -0.05) is 19.1 Å². The normalized spacial score (nSPS) is 24.4. The molecular formula is C14H18FNO2. The number of likely N-dealkylation sites (tertiary alicyclic amines) is 1. The van der Waals surface area contributed by atoms with Gasteiger partial charge in [-0.3, -0.25) is 9.69 Å². The van der Waals surface area contributed by atoms with Gasteiger partial charge in [0.15, 0.2) is 5.78 Å². The van der Waals surface area contributed by atoms with Crippen LogP contribution in [0.15, 0.2) is 24.3 Å². The van der Waals surface area contributed by atoms with Crippen LogP contribution in [0, 0.1) is 11.7 Å². The number of carbonyl (C=O) groups is 1. The molecule has 0 spiro atoms. The van der Waals surface area contributed by atoms with Crippen LogP contribution in [0.3, 0.4) is 0 Å². The Bertz CT molecular complexity index is 436. The second-order valence-corrected chi connectivity index (χ2v) is 4.89. The van der Waals surface area contributed by atoms with E-state index in [1.165, 1.54) is 12.1 Å². The van der Waals surface area contributed by atoms with Crippen LogP contribution < -0.4 is 0 Å². The molecule has 2 rings (SSSR count). The minimum atomic E-state index is -0.477. The molecule has 0 aliphatic carbocycles. The lowest BCUT2D eigenvalue weighted by molar-refractivity contribution is 0.0862. The van der Waals surface area contributed by atoms with Crippen molar-refractivity contribution in [3.05, 3.63) is 35.6 Å². The van der Waals surface area contributed by atoms with E-state index in [0.29, 0.717) is 5.92 Å². The summed E-state index contributed by atoms with van der Waals surface area (Å²) < 4.78 is 13.5. The lowest BCUT2D eigenvalue weighted by atomic mass is 10.0. The van der Waals surface area contributed by atoms with E-state index in [9.17, 15) is 14.3 Å². The van der Waals surface area contributed by atoms with Gasteiger partial charge >= 0.3 is 0 Å². The van der Waals surface area contributed by atoms with Crippen LogP contribution in [0.1, 0.15) is 23.7 Å². The Morgan fingerprint density at radius 1 is 1.50 bits per heavy atom. The van der Waals surface area contributed by atoms with Crippen molar-refractivity contribution < 1.29 is 14.3 Å². The monoisotopic (exact) mass is 251 g/mol. The summed E-state index contributed by atoms with van der Waals surface area (Å²) in [6, 6.07) is 6.04. The summed E-state index contributed by atoms with van der Waals surface area (Å²) >= 11 is 0. The zero-order chi connectivity index (χ0) is 13.1. The van der Waals surface area contributed by atoms with Crippen LogP contribution in [0.25, 0.3) is 0 Å². The average molecular weight is 251 g/mol. The molecule has 0 radical (unpaired) electrons. The van der Waals surface area contributed by atoms with E-state index < -0.39 is 5.82 Å². The molecule has 4 heteroatoms. The Morgan fingerprint density at radius 2 is 2.22 bits per heavy atom. The number of Topliss-reactive ketones (excluding diaryl/α,β-unsaturated/α-hetero) is 1. The summed E-state index contributed by atoms with van der Waals surface area (Å²) in [6.07, 6.45) is 0.968. The summed E-state index contributed by atoms with van der Waals surface area (Å²) in [7, 11) is 0. The molecule has 1 aliphatic heterocycles. The van der Waals surface area contributed by atoms with Crippen LogP contribution in [-0.2, 0) is 0 Å². The van der Waals surface area contributed by atoms with E-state index in [4.69, 9.17) is 0 Å². The van der Waals surface area contributed by atoms with Gasteiger partial charge in [0, 0.05) is 6.04 Å². The molecule has 0 amide bonds. The Hall–Kier alpha value is -1.26. The molecule has 1 aromatic rings. The first-order valence-corrected chi connectivity index (χ1v) is 6.26. The number of aliphatic hydroxyl groups excluding tert-OH is 1. The summed E-state index contributed by atoms with van der Waals surface area (Å²) in [6.45, 7) is 3.07. The molecule has 0 bridgehead atoms. The molecule has 18 heavy (non-hydrogen) atoms. The predicted octanol–water partition coefficient (Wildman–Crippen LogP) is 1.71. The first-order chi connectivity index (χ1) is 8.63. The van der Waals surface area contributed by atoms with Crippen LogP contribution in [0.5, 0.6) is 0 Å². The van der Waals surface area contributed by atoms with Crippen molar-refractivity contribution in [2.24, 2.45) is 5.92 Å². The topological polar surface area (TPSA) is 40.5 Å². The number of aliphatic hydroxyl groups is 1. The lowest BCUT2D eigenvalue weighted by Gasteiger charge is -2.24. The molecule has 1 saturated heterocycles. The van der Waals surface area contributed by atoms with E-state index in [1.807, 2.05) is 4.90 Å². The summed E-state index contributed by atoms with van der Waals surface area (Å²) in [4.78, 5) is 14.0. The van der Waals surface area contributed by atoms with Gasteiger partial charge in [-0.2, -0.15) is 0 Å². The van der Waals surface area contributed by atoms with Gasteiger partial charge in [0.1, 0.15) is 5.82 Å². The minimum absolute atomic E-state index is 0.0146. The van der Waals surface area contributed by atoms with E-state index >= 15 is 0 Å². The highest BCUT2D eigenvalue weighted by Crippen LogP contribution is 2.23. The maximum Gasteiger partial charge on any atom is 0.179 e. The highest BCUT2D eigenvalue weighted by atomic mass is 19.1. The molecule has 3 nitrogen and oxygen atoms in total. The number of carbonyl (C=O) groups excluding carboxylic acids is 1. The number of halogens is 1. The molecule has 2 unspecified atom stereocenters. The van der Waals surface area contributed by atoms with Crippen molar-refractivity contribution in [3.8, 4) is 0 Å². The first kappa shape index (κ1) is 13.2. The molecule has 2 atom stereocenters. The first-order valence-electron chi connectivity index (χ1n) is 6.26. The van der Waals surface area contributed by atoms with E-state index in [-0.39, 0.29) is 30.5 Å². The van der Waals surface area contributed by atoms with Crippen molar-refractivity contribution in [2.75, 3.05) is 19.7 Å². The summed E-state index contributed by atoms with van der Waals surface area (Å²) in [5, 5.41) is 9.32. The van der Waals surface area contributed by atoms with Crippen molar-refractivity contribution in [3.63, 3.8) is 0 Å². The number of nitrogens with zero attached hydrogens (tertiary/aromatic N) is 1. The van der Waals surface area contributed by atoms with Crippen LogP contribution in [-0.4, -0.2) is 41.5 Å². The fourth-order valence-electron chi connectivity index (χ4n) is 2.54. The van der Waals surface area contributed by atoms with Gasteiger partial charge in [-0.15, -0.1) is 0 Å². The number of rotatable bonds is 4. The molecule has 1 N–H and O–H groups in total. The van der Waals surface area contributed by atoms with Crippen LogP contribution in [0.4, 0.5) is 4.39 Å². The van der Waals surface area contributed by atoms with Crippen molar-refractivity contribution >= 4 is 5.78 Å². The quantitative estimate of drug-likeness (QED) is 0.828. The fraction of sp³-hybridized carbons (Fsp3) is 0.500. The van der Waals surface area contributed by atoms with Gasteiger partial charge in [-0.25, -0.2) is 4.39 Å². The maximum absolute atomic E-state index is 13.5. The number of ketones is 1. The van der Waals surface area contributed by atoms with E-state index in [0.717, 1.165) is 13.0 Å². The SMILES string of the molecule is CC1CCN(CC(=O)c2ccccc2F)C1CO. The standard InChI is InChI=1S/C14H18FNO2/c1-10-6-7-16(13(10)9-17)8-14(18)11-4-2-3-5-12(11)15/h2-5,10,13,17H,6-9H2,1H3. The summed E-state index contributed by atoms with van der Waals surface area (Å²) in [5.41, 5.74) is 0.133. The molecule has 0 aromatic heterocycles. The Kier molecular flexibility index (Phi) is 4.09. The largest absolute Gasteiger partial charge is 0.395 e. The van der Waals surface area contributed by atoms with Gasteiger partial charge in [0.2, 0.25) is 0 Å².